The van der Waals surface area contributed by atoms with E-state index in [0.717, 1.165) is 26.7 Å². The van der Waals surface area contributed by atoms with Gasteiger partial charge in [0.15, 0.2) is 0 Å². The Morgan fingerprint density at radius 1 is 1.17 bits per heavy atom. The molecule has 1 unspecified atom stereocenters. The van der Waals surface area contributed by atoms with E-state index in [9.17, 15) is 0 Å². The number of aromatic nitrogens is 1. The zero-order valence-corrected chi connectivity index (χ0v) is 11.1. The number of nitrogens with zero attached hydrogens (tertiary/aromatic N) is 1. The Balaban J connectivity index is 2.18. The minimum absolute atomic E-state index is 0.303. The van der Waals surface area contributed by atoms with Gasteiger partial charge in [-0.05, 0) is 39.7 Å². The maximum atomic E-state index is 6.28. The van der Waals surface area contributed by atoms with Crippen molar-refractivity contribution in [2.75, 3.05) is 0 Å². The van der Waals surface area contributed by atoms with Crippen molar-refractivity contribution in [1.29, 1.82) is 0 Å². The molecule has 0 bridgehead atoms. The van der Waals surface area contributed by atoms with Crippen LogP contribution in [0.1, 0.15) is 17.4 Å². The highest BCUT2D eigenvalue weighted by Gasteiger charge is 2.17. The summed E-state index contributed by atoms with van der Waals surface area (Å²) in [4.78, 5) is 4.33. The summed E-state index contributed by atoms with van der Waals surface area (Å²) in [7, 11) is 0. The minimum Gasteiger partial charge on any atom is -0.466 e. The number of hydrogen-bond donors (Lipinski definition) is 1. The second-order valence-corrected chi connectivity index (χ2v) is 4.88. The molecular weight excluding hydrogens is 292 g/mol. The SMILES string of the molecule is NC(c1occc1Br)c1cccc2ncccc12. The van der Waals surface area contributed by atoms with Gasteiger partial charge in [0, 0.05) is 11.6 Å². The molecule has 0 aliphatic rings. The molecule has 0 amide bonds. The quantitative estimate of drug-likeness (QED) is 0.786. The van der Waals surface area contributed by atoms with Crippen LogP contribution in [0.2, 0.25) is 0 Å². The zero-order chi connectivity index (χ0) is 12.5. The Bertz CT molecular complexity index is 688. The Morgan fingerprint density at radius 2 is 2.06 bits per heavy atom. The largest absolute Gasteiger partial charge is 0.466 e. The molecule has 0 radical (unpaired) electrons. The van der Waals surface area contributed by atoms with Gasteiger partial charge in [0.05, 0.1) is 22.3 Å². The molecule has 3 rings (SSSR count). The van der Waals surface area contributed by atoms with Crippen molar-refractivity contribution in [3.63, 3.8) is 0 Å². The van der Waals surface area contributed by atoms with Crippen LogP contribution in [-0.4, -0.2) is 4.98 Å². The zero-order valence-electron chi connectivity index (χ0n) is 9.51. The molecule has 4 heteroatoms. The van der Waals surface area contributed by atoms with Crippen LogP contribution in [0.5, 0.6) is 0 Å². The Labute approximate surface area is 113 Å². The van der Waals surface area contributed by atoms with Crippen LogP contribution in [-0.2, 0) is 0 Å². The number of pyridine rings is 1. The molecule has 0 spiro atoms. The Hall–Kier alpha value is -1.65. The van der Waals surface area contributed by atoms with Crippen molar-refractivity contribution >= 4 is 26.8 Å². The molecule has 1 aromatic carbocycles. The molecule has 0 saturated heterocycles. The van der Waals surface area contributed by atoms with Crippen LogP contribution in [0.3, 0.4) is 0 Å². The van der Waals surface area contributed by atoms with Crippen molar-refractivity contribution in [2.45, 2.75) is 6.04 Å². The van der Waals surface area contributed by atoms with Crippen LogP contribution in [0.25, 0.3) is 10.9 Å². The minimum atomic E-state index is -0.303. The third-order valence-corrected chi connectivity index (χ3v) is 3.60. The molecule has 2 aromatic heterocycles. The number of benzene rings is 1. The lowest BCUT2D eigenvalue weighted by Gasteiger charge is -2.12. The van der Waals surface area contributed by atoms with Gasteiger partial charge in [-0.2, -0.15) is 0 Å². The third kappa shape index (κ3) is 1.83. The summed E-state index contributed by atoms with van der Waals surface area (Å²) in [6, 6.07) is 11.4. The number of furan rings is 1. The van der Waals surface area contributed by atoms with Gasteiger partial charge in [-0.1, -0.05) is 18.2 Å². The van der Waals surface area contributed by atoms with E-state index < -0.39 is 0 Å². The van der Waals surface area contributed by atoms with Crippen molar-refractivity contribution in [1.82, 2.24) is 4.98 Å². The van der Waals surface area contributed by atoms with E-state index in [4.69, 9.17) is 10.2 Å². The molecule has 18 heavy (non-hydrogen) atoms. The number of rotatable bonds is 2. The summed E-state index contributed by atoms with van der Waals surface area (Å²) < 4.78 is 6.32. The first-order valence-corrected chi connectivity index (χ1v) is 6.39. The molecule has 0 aliphatic heterocycles. The first kappa shape index (κ1) is 11.4. The highest BCUT2D eigenvalue weighted by atomic mass is 79.9. The van der Waals surface area contributed by atoms with E-state index in [1.165, 1.54) is 0 Å². The predicted molar refractivity (Wildman–Crippen MR) is 74.2 cm³/mol. The van der Waals surface area contributed by atoms with Gasteiger partial charge in [-0.15, -0.1) is 0 Å². The Morgan fingerprint density at radius 3 is 2.83 bits per heavy atom. The van der Waals surface area contributed by atoms with Crippen LogP contribution in [0.15, 0.2) is 57.7 Å². The summed E-state index contributed by atoms with van der Waals surface area (Å²) in [5.41, 5.74) is 8.22. The van der Waals surface area contributed by atoms with Gasteiger partial charge < -0.3 is 10.2 Å². The first-order valence-electron chi connectivity index (χ1n) is 5.59. The van der Waals surface area contributed by atoms with Crippen molar-refractivity contribution in [3.8, 4) is 0 Å². The molecule has 2 N–H and O–H groups in total. The van der Waals surface area contributed by atoms with Gasteiger partial charge in [-0.3, -0.25) is 4.98 Å². The molecule has 3 aromatic rings. The van der Waals surface area contributed by atoms with E-state index in [1.54, 1.807) is 12.5 Å². The van der Waals surface area contributed by atoms with Crippen LogP contribution in [0.4, 0.5) is 0 Å². The lowest BCUT2D eigenvalue weighted by molar-refractivity contribution is 0.488. The standard InChI is InChI=1S/C14H11BrN2O/c15-11-6-8-18-14(11)13(16)10-3-1-5-12-9(10)4-2-7-17-12/h1-8,13H,16H2. The van der Waals surface area contributed by atoms with Crippen LogP contribution >= 0.6 is 15.9 Å². The first-order chi connectivity index (χ1) is 8.77. The average molecular weight is 303 g/mol. The van der Waals surface area contributed by atoms with Gasteiger partial charge in [0.2, 0.25) is 0 Å². The van der Waals surface area contributed by atoms with Crippen molar-refractivity contribution < 1.29 is 4.42 Å². The summed E-state index contributed by atoms with van der Waals surface area (Å²) in [5.74, 6) is 0.728. The lowest BCUT2D eigenvalue weighted by Crippen LogP contribution is -2.12. The number of hydrogen-bond acceptors (Lipinski definition) is 3. The molecule has 90 valence electrons. The fourth-order valence-corrected chi connectivity index (χ4v) is 2.51. The molecule has 0 aliphatic carbocycles. The van der Waals surface area contributed by atoms with Crippen molar-refractivity contribution in [3.05, 3.63) is 64.7 Å². The highest BCUT2D eigenvalue weighted by Crippen LogP contribution is 2.31. The second-order valence-electron chi connectivity index (χ2n) is 4.03. The monoisotopic (exact) mass is 302 g/mol. The summed E-state index contributed by atoms with van der Waals surface area (Å²) in [6.45, 7) is 0. The molecular formula is C14H11BrN2O. The predicted octanol–water partition coefficient (Wildman–Crippen LogP) is 3.64. The second kappa shape index (κ2) is 4.55. The Kier molecular flexibility index (Phi) is 2.89. The summed E-state index contributed by atoms with van der Waals surface area (Å²) in [6.07, 6.45) is 3.41. The van der Waals surface area contributed by atoms with E-state index in [0.29, 0.717) is 0 Å². The maximum absolute atomic E-state index is 6.28. The van der Waals surface area contributed by atoms with Gasteiger partial charge >= 0.3 is 0 Å². The molecule has 0 fully saturated rings. The third-order valence-electron chi connectivity index (χ3n) is 2.94. The molecule has 3 nitrogen and oxygen atoms in total. The van der Waals surface area contributed by atoms with Gasteiger partial charge in [0.1, 0.15) is 5.76 Å². The molecule has 0 saturated carbocycles. The number of fused-ring (bicyclic) bond motifs is 1. The van der Waals surface area contributed by atoms with Crippen LogP contribution in [0, 0.1) is 0 Å². The fraction of sp³-hybridized carbons (Fsp3) is 0.0714. The summed E-state index contributed by atoms with van der Waals surface area (Å²) in [5, 5.41) is 1.05. The smallest absolute Gasteiger partial charge is 0.139 e. The highest BCUT2D eigenvalue weighted by molar-refractivity contribution is 9.10. The summed E-state index contributed by atoms with van der Waals surface area (Å²) >= 11 is 3.44. The lowest BCUT2D eigenvalue weighted by atomic mass is 10.0. The molecule has 1 atom stereocenters. The molecule has 2 heterocycles. The van der Waals surface area contributed by atoms with Crippen LogP contribution < -0.4 is 5.73 Å². The van der Waals surface area contributed by atoms with E-state index in [-0.39, 0.29) is 6.04 Å². The number of halogens is 1. The van der Waals surface area contributed by atoms with E-state index in [2.05, 4.69) is 20.9 Å². The topological polar surface area (TPSA) is 52.0 Å². The maximum Gasteiger partial charge on any atom is 0.139 e. The fourth-order valence-electron chi connectivity index (χ4n) is 2.07. The average Bonchev–Trinajstić information content (AvgIpc) is 2.83. The normalized spacial score (nSPS) is 12.8. The van der Waals surface area contributed by atoms with Gasteiger partial charge in [0.25, 0.3) is 0 Å². The van der Waals surface area contributed by atoms with Crippen molar-refractivity contribution in [2.24, 2.45) is 5.73 Å². The van der Waals surface area contributed by atoms with E-state index in [1.807, 2.05) is 36.4 Å². The number of nitrogens with two attached hydrogens (primary N) is 1. The van der Waals surface area contributed by atoms with Gasteiger partial charge in [-0.25, -0.2) is 0 Å². The van der Waals surface area contributed by atoms with E-state index >= 15 is 0 Å².